The lowest BCUT2D eigenvalue weighted by atomic mass is 10.1. The van der Waals surface area contributed by atoms with Gasteiger partial charge in [-0.1, -0.05) is 18.2 Å². The number of carbonyl (C=O) groups excluding carboxylic acids is 1. The highest BCUT2D eigenvalue weighted by Crippen LogP contribution is 2.17. The van der Waals surface area contributed by atoms with Gasteiger partial charge in [-0.15, -0.1) is 0 Å². The number of carbonyl (C=O) groups is 1. The summed E-state index contributed by atoms with van der Waals surface area (Å²) in [7, 11) is 0. The van der Waals surface area contributed by atoms with E-state index in [4.69, 9.17) is 5.11 Å². The molecule has 0 aromatic heterocycles. The number of aliphatic hydroxyl groups excluding tert-OH is 1. The molecule has 0 bridgehead atoms. The van der Waals surface area contributed by atoms with Crippen molar-refractivity contribution in [2.24, 2.45) is 0 Å². The molecule has 116 valence electrons. The van der Waals surface area contributed by atoms with E-state index in [1.807, 2.05) is 0 Å². The average Bonchev–Trinajstić information content (AvgIpc) is 2.49. The summed E-state index contributed by atoms with van der Waals surface area (Å²) in [6, 6.07) is 12.6. The third-order valence-electron chi connectivity index (χ3n) is 2.93. The molecule has 0 aliphatic heterocycles. The topological polar surface area (TPSA) is 58.6 Å². The number of benzene rings is 2. The van der Waals surface area contributed by atoms with Gasteiger partial charge >= 0.3 is 6.61 Å². The molecule has 2 N–H and O–H groups in total. The van der Waals surface area contributed by atoms with Gasteiger partial charge in [0, 0.05) is 17.9 Å². The number of hydrogen-bond donors (Lipinski definition) is 2. The highest BCUT2D eigenvalue weighted by Gasteiger charge is 2.09. The number of ether oxygens (including phenoxy) is 1. The summed E-state index contributed by atoms with van der Waals surface area (Å²) in [4.78, 5) is 12.1. The molecule has 6 heteroatoms. The molecule has 0 atom stereocenters. The molecule has 2 aromatic rings. The quantitative estimate of drug-likeness (QED) is 0.862. The van der Waals surface area contributed by atoms with E-state index in [0.717, 1.165) is 5.56 Å². The molecule has 0 heterocycles. The summed E-state index contributed by atoms with van der Waals surface area (Å²) in [6.07, 6.45) is 0.543. The Morgan fingerprint density at radius 1 is 1.18 bits per heavy atom. The van der Waals surface area contributed by atoms with E-state index in [0.29, 0.717) is 12.1 Å². The first-order valence-corrected chi connectivity index (χ1v) is 6.64. The van der Waals surface area contributed by atoms with E-state index < -0.39 is 12.5 Å². The Bertz CT molecular complexity index is 630. The van der Waals surface area contributed by atoms with Crippen LogP contribution in [0.4, 0.5) is 14.5 Å². The zero-order valence-electron chi connectivity index (χ0n) is 11.6. The summed E-state index contributed by atoms with van der Waals surface area (Å²) < 4.78 is 28.6. The van der Waals surface area contributed by atoms with E-state index >= 15 is 0 Å². The van der Waals surface area contributed by atoms with Crippen molar-refractivity contribution in [3.63, 3.8) is 0 Å². The lowest BCUT2D eigenvalue weighted by Crippen LogP contribution is -2.12. The van der Waals surface area contributed by atoms with Gasteiger partial charge in [0.2, 0.25) is 0 Å². The normalized spacial score (nSPS) is 10.5. The van der Waals surface area contributed by atoms with E-state index in [1.165, 1.54) is 24.3 Å². The molecule has 0 aliphatic carbocycles. The molecular formula is C16H15F2NO3. The van der Waals surface area contributed by atoms with Crippen LogP contribution in [-0.2, 0) is 6.42 Å². The van der Waals surface area contributed by atoms with Crippen LogP contribution in [0, 0.1) is 0 Å². The Morgan fingerprint density at radius 2 is 1.91 bits per heavy atom. The number of aliphatic hydroxyl groups is 1. The minimum absolute atomic E-state index is 0.0582. The minimum Gasteiger partial charge on any atom is -0.435 e. The third kappa shape index (κ3) is 4.53. The smallest absolute Gasteiger partial charge is 0.387 e. The van der Waals surface area contributed by atoms with Gasteiger partial charge in [0.25, 0.3) is 5.91 Å². The van der Waals surface area contributed by atoms with Crippen molar-refractivity contribution in [2.75, 3.05) is 11.9 Å². The van der Waals surface area contributed by atoms with E-state index in [9.17, 15) is 13.6 Å². The van der Waals surface area contributed by atoms with Crippen LogP contribution in [0.15, 0.2) is 48.5 Å². The second kappa shape index (κ2) is 7.51. The largest absolute Gasteiger partial charge is 0.435 e. The van der Waals surface area contributed by atoms with Crippen molar-refractivity contribution in [2.45, 2.75) is 13.0 Å². The van der Waals surface area contributed by atoms with Gasteiger partial charge < -0.3 is 15.2 Å². The maximum Gasteiger partial charge on any atom is 0.387 e. The highest BCUT2D eigenvalue weighted by atomic mass is 19.3. The predicted molar refractivity (Wildman–Crippen MR) is 78.3 cm³/mol. The zero-order valence-corrected chi connectivity index (χ0v) is 11.6. The second-order valence-corrected chi connectivity index (χ2v) is 4.53. The molecule has 0 radical (unpaired) electrons. The molecule has 4 nitrogen and oxygen atoms in total. The number of nitrogens with one attached hydrogen (secondary N) is 1. The van der Waals surface area contributed by atoms with Crippen molar-refractivity contribution in [3.05, 3.63) is 59.7 Å². The summed E-state index contributed by atoms with van der Waals surface area (Å²) >= 11 is 0. The van der Waals surface area contributed by atoms with Crippen LogP contribution in [0.2, 0.25) is 0 Å². The first-order valence-electron chi connectivity index (χ1n) is 6.64. The van der Waals surface area contributed by atoms with Crippen LogP contribution >= 0.6 is 0 Å². The van der Waals surface area contributed by atoms with Gasteiger partial charge in [0.1, 0.15) is 5.75 Å². The molecule has 0 saturated carbocycles. The number of anilines is 1. The van der Waals surface area contributed by atoms with Gasteiger partial charge in [-0.05, 0) is 42.3 Å². The summed E-state index contributed by atoms with van der Waals surface area (Å²) in [5.41, 5.74) is 1.75. The van der Waals surface area contributed by atoms with Crippen molar-refractivity contribution in [1.29, 1.82) is 0 Å². The Balaban J connectivity index is 2.05. The van der Waals surface area contributed by atoms with Gasteiger partial charge in [-0.3, -0.25) is 4.79 Å². The monoisotopic (exact) mass is 307 g/mol. The fraction of sp³-hybridized carbons (Fsp3) is 0.188. The Labute approximate surface area is 126 Å². The zero-order chi connectivity index (χ0) is 15.9. The molecule has 22 heavy (non-hydrogen) atoms. The molecule has 0 spiro atoms. The number of hydrogen-bond acceptors (Lipinski definition) is 3. The van der Waals surface area contributed by atoms with Crippen LogP contribution in [0.5, 0.6) is 5.75 Å². The Kier molecular flexibility index (Phi) is 5.43. The van der Waals surface area contributed by atoms with Crippen LogP contribution < -0.4 is 10.1 Å². The molecule has 0 saturated heterocycles. The second-order valence-electron chi connectivity index (χ2n) is 4.53. The number of alkyl halides is 2. The Morgan fingerprint density at radius 3 is 2.55 bits per heavy atom. The molecule has 0 aliphatic rings. The van der Waals surface area contributed by atoms with Crippen LogP contribution in [0.25, 0.3) is 0 Å². The summed E-state index contributed by atoms with van der Waals surface area (Å²) in [5.74, 6) is -0.490. The van der Waals surface area contributed by atoms with Crippen LogP contribution in [0.1, 0.15) is 15.9 Å². The lowest BCUT2D eigenvalue weighted by Gasteiger charge is -2.08. The molecule has 2 aromatic carbocycles. The first-order chi connectivity index (χ1) is 10.6. The van der Waals surface area contributed by atoms with E-state index in [-0.39, 0.29) is 17.9 Å². The van der Waals surface area contributed by atoms with Crippen LogP contribution in [0.3, 0.4) is 0 Å². The van der Waals surface area contributed by atoms with Gasteiger partial charge in [0.05, 0.1) is 0 Å². The van der Waals surface area contributed by atoms with Crippen molar-refractivity contribution < 1.29 is 23.4 Å². The fourth-order valence-electron chi connectivity index (χ4n) is 1.90. The minimum atomic E-state index is -2.93. The molecule has 1 amide bonds. The first kappa shape index (κ1) is 15.9. The Hall–Kier alpha value is -2.47. The average molecular weight is 307 g/mol. The molecule has 0 fully saturated rings. The maximum absolute atomic E-state index is 12.2. The van der Waals surface area contributed by atoms with E-state index in [2.05, 4.69) is 10.1 Å². The summed E-state index contributed by atoms with van der Waals surface area (Å²) in [5, 5.41) is 11.5. The predicted octanol–water partition coefficient (Wildman–Crippen LogP) is 3.08. The fourth-order valence-corrected chi connectivity index (χ4v) is 1.90. The van der Waals surface area contributed by atoms with Gasteiger partial charge in [0.15, 0.2) is 0 Å². The van der Waals surface area contributed by atoms with Gasteiger partial charge in [-0.2, -0.15) is 8.78 Å². The van der Waals surface area contributed by atoms with Gasteiger partial charge in [-0.25, -0.2) is 0 Å². The molecule has 0 unspecified atom stereocenters. The number of halogens is 2. The highest BCUT2D eigenvalue weighted by molar-refractivity contribution is 6.04. The SMILES string of the molecule is O=C(Nc1ccc(CCO)cc1)c1cccc(OC(F)F)c1. The van der Waals surface area contributed by atoms with Crippen molar-refractivity contribution in [3.8, 4) is 5.75 Å². The van der Waals surface area contributed by atoms with E-state index in [1.54, 1.807) is 24.3 Å². The third-order valence-corrected chi connectivity index (χ3v) is 2.93. The van der Waals surface area contributed by atoms with Crippen molar-refractivity contribution >= 4 is 11.6 Å². The summed E-state index contributed by atoms with van der Waals surface area (Å²) in [6.45, 7) is -2.87. The standard InChI is InChI=1S/C16H15F2NO3/c17-16(18)22-14-3-1-2-12(10-14)15(21)19-13-6-4-11(5-7-13)8-9-20/h1-7,10,16,20H,8-9H2,(H,19,21). The molecule has 2 rings (SSSR count). The van der Waals surface area contributed by atoms with Crippen molar-refractivity contribution in [1.82, 2.24) is 0 Å². The maximum atomic E-state index is 12.2. The van der Waals surface area contributed by atoms with Crippen LogP contribution in [-0.4, -0.2) is 24.2 Å². The number of rotatable bonds is 6. The number of amides is 1. The lowest BCUT2D eigenvalue weighted by molar-refractivity contribution is -0.0498. The molecular weight excluding hydrogens is 292 g/mol.